The number of rotatable bonds is 7. The molecule has 7 nitrogen and oxygen atoms in total. The number of piperidine rings is 1. The number of sulfonamides is 1. The Kier molecular flexibility index (Phi) is 5.87. The van der Waals surface area contributed by atoms with Gasteiger partial charge in [-0.2, -0.15) is 8.88 Å². The van der Waals surface area contributed by atoms with Gasteiger partial charge in [-0.3, -0.25) is 0 Å². The van der Waals surface area contributed by atoms with Gasteiger partial charge in [0.05, 0.1) is 12.2 Å². The van der Waals surface area contributed by atoms with Crippen LogP contribution in [0, 0.1) is 11.2 Å². The Bertz CT molecular complexity index is 1300. The van der Waals surface area contributed by atoms with Gasteiger partial charge in [0, 0.05) is 56.6 Å². The monoisotopic (exact) mass is 483 g/mol. The number of halogens is 1. The van der Waals surface area contributed by atoms with Crippen LogP contribution in [-0.2, 0) is 14.8 Å². The molecule has 1 aliphatic carbocycles. The minimum absolute atomic E-state index is 0.193. The molecule has 5 rings (SSSR count). The third-order valence-corrected chi connectivity index (χ3v) is 8.65. The van der Waals surface area contributed by atoms with E-state index in [0.29, 0.717) is 45.0 Å². The summed E-state index contributed by atoms with van der Waals surface area (Å²) in [7, 11) is -1.94. The molecule has 1 atom stereocenters. The van der Waals surface area contributed by atoms with E-state index >= 15 is 0 Å². The van der Waals surface area contributed by atoms with E-state index in [1.54, 1.807) is 35.6 Å². The van der Waals surface area contributed by atoms with Crippen LogP contribution in [0.2, 0.25) is 0 Å². The largest absolute Gasteiger partial charge is 0.381 e. The van der Waals surface area contributed by atoms with Gasteiger partial charge in [-0.1, -0.05) is 5.57 Å². The lowest BCUT2D eigenvalue weighted by molar-refractivity contribution is -0.374. The lowest BCUT2D eigenvalue weighted by Crippen LogP contribution is -2.52. The van der Waals surface area contributed by atoms with Crippen LogP contribution in [0.4, 0.5) is 15.9 Å². The third-order valence-electron chi connectivity index (χ3n) is 6.82. The van der Waals surface area contributed by atoms with Gasteiger partial charge in [0.25, 0.3) is 0 Å². The van der Waals surface area contributed by atoms with Crippen LogP contribution in [0.1, 0.15) is 19.8 Å². The molecule has 0 saturated carbocycles. The highest BCUT2D eigenvalue weighted by Crippen LogP contribution is 2.47. The summed E-state index contributed by atoms with van der Waals surface area (Å²) in [5, 5.41) is 2.91. The number of hydrogen-bond acceptors (Lipinski definition) is 5. The van der Waals surface area contributed by atoms with Crippen molar-refractivity contribution < 1.29 is 22.1 Å². The zero-order valence-electron chi connectivity index (χ0n) is 19.3. The van der Waals surface area contributed by atoms with Crippen molar-refractivity contribution in [1.29, 1.82) is 0 Å². The Morgan fingerprint density at radius 1 is 1.24 bits per heavy atom. The number of allylic oxidation sites excluding steroid dienone is 2. The molecule has 1 saturated heterocycles. The Hall–Kier alpha value is -2.88. The molecule has 0 amide bonds. The Morgan fingerprint density at radius 2 is 2.03 bits per heavy atom. The number of pyridine rings is 1. The SMILES string of the molecule is CCOCC12CC3=C[N+](c4ccc(F)cc4)=C3C=C1CCN(S(=O)(=O)c1ccc(NC)nc1)C2. The maximum atomic E-state index is 13.4. The van der Waals surface area contributed by atoms with Crippen LogP contribution in [0.15, 0.2) is 70.9 Å². The molecule has 1 aromatic carbocycles. The minimum atomic E-state index is -3.68. The number of nitrogens with one attached hydrogen (secondary N) is 1. The predicted octanol–water partition coefficient (Wildman–Crippen LogP) is 3.69. The summed E-state index contributed by atoms with van der Waals surface area (Å²) in [6.45, 7) is 3.73. The van der Waals surface area contributed by atoms with Gasteiger partial charge in [0.1, 0.15) is 16.5 Å². The maximum Gasteiger partial charge on any atom is 0.244 e. The third kappa shape index (κ3) is 3.87. The summed E-state index contributed by atoms with van der Waals surface area (Å²) >= 11 is 0. The highest BCUT2D eigenvalue weighted by atomic mass is 32.2. The lowest BCUT2D eigenvalue weighted by atomic mass is 9.67. The quantitative estimate of drug-likeness (QED) is 0.608. The molecule has 0 radical (unpaired) electrons. The number of aromatic nitrogens is 1. The van der Waals surface area contributed by atoms with Gasteiger partial charge < -0.3 is 10.1 Å². The lowest BCUT2D eigenvalue weighted by Gasteiger charge is -2.46. The van der Waals surface area contributed by atoms with E-state index in [2.05, 4.69) is 27.2 Å². The van der Waals surface area contributed by atoms with Crippen molar-refractivity contribution in [2.75, 3.05) is 38.7 Å². The van der Waals surface area contributed by atoms with E-state index in [0.717, 1.165) is 17.0 Å². The Labute approximate surface area is 199 Å². The molecule has 0 bridgehead atoms. The van der Waals surface area contributed by atoms with Crippen molar-refractivity contribution in [3.63, 3.8) is 0 Å². The van der Waals surface area contributed by atoms with E-state index in [1.165, 1.54) is 23.9 Å². The molecule has 1 fully saturated rings. The maximum absolute atomic E-state index is 13.4. The zero-order chi connectivity index (χ0) is 23.9. The average molecular weight is 484 g/mol. The molecule has 1 aromatic heterocycles. The van der Waals surface area contributed by atoms with Gasteiger partial charge in [0.2, 0.25) is 21.4 Å². The second kappa shape index (κ2) is 8.72. The van der Waals surface area contributed by atoms with E-state index < -0.39 is 15.4 Å². The highest BCUT2D eigenvalue weighted by Gasteiger charge is 2.50. The van der Waals surface area contributed by atoms with Gasteiger partial charge in [-0.15, -0.1) is 0 Å². The standard InChI is InChI=1S/C25H28FN4O3S/c1-3-33-17-25-13-18-15-30(21-6-4-20(26)5-7-21)23(18)12-19(25)10-11-29(16-25)34(31,32)22-8-9-24(27-2)28-14-22/h4-9,12,14-15H,3,10-11,13,16-17H2,1-2H3,(H,27,28)/q+1. The number of anilines is 1. The van der Waals surface area contributed by atoms with Crippen LogP contribution in [0.5, 0.6) is 0 Å². The van der Waals surface area contributed by atoms with E-state index in [4.69, 9.17) is 4.74 Å². The molecule has 3 heterocycles. The van der Waals surface area contributed by atoms with Crippen LogP contribution in [0.25, 0.3) is 0 Å². The Balaban J connectivity index is 1.46. The normalized spacial score (nSPS) is 22.3. The van der Waals surface area contributed by atoms with Crippen molar-refractivity contribution in [2.24, 2.45) is 5.41 Å². The van der Waals surface area contributed by atoms with Gasteiger partial charge in [-0.05, 0) is 44.0 Å². The summed E-state index contributed by atoms with van der Waals surface area (Å²) in [6, 6.07) is 9.70. The van der Waals surface area contributed by atoms with Crippen LogP contribution < -0.4 is 5.32 Å². The number of benzene rings is 1. The van der Waals surface area contributed by atoms with Crippen molar-refractivity contribution >= 4 is 27.2 Å². The summed E-state index contributed by atoms with van der Waals surface area (Å²) in [5.41, 5.74) is 3.95. The molecule has 9 heteroatoms. The fourth-order valence-electron chi connectivity index (χ4n) is 4.97. The molecule has 178 valence electrons. The summed E-state index contributed by atoms with van der Waals surface area (Å²) < 4.78 is 49.8. The summed E-state index contributed by atoms with van der Waals surface area (Å²) in [5.74, 6) is 0.356. The number of hydrogen-bond donors (Lipinski definition) is 1. The molecule has 2 aromatic rings. The smallest absolute Gasteiger partial charge is 0.244 e. The van der Waals surface area contributed by atoms with Crippen LogP contribution in [0.3, 0.4) is 0 Å². The fraction of sp³-hybridized carbons (Fsp3) is 0.360. The number of fused-ring (bicyclic) bond motifs is 2. The molecular formula is C25H28FN4O3S+. The fourth-order valence-corrected chi connectivity index (χ4v) is 6.44. The zero-order valence-corrected chi connectivity index (χ0v) is 20.1. The molecule has 34 heavy (non-hydrogen) atoms. The molecule has 0 spiro atoms. The number of ether oxygens (including phenoxy) is 1. The van der Waals surface area contributed by atoms with Gasteiger partial charge in [0.15, 0.2) is 6.20 Å². The van der Waals surface area contributed by atoms with Crippen molar-refractivity contribution in [2.45, 2.75) is 24.7 Å². The first-order chi connectivity index (χ1) is 16.4. The van der Waals surface area contributed by atoms with E-state index in [-0.39, 0.29) is 10.7 Å². The predicted molar refractivity (Wildman–Crippen MR) is 128 cm³/mol. The average Bonchev–Trinajstić information content (AvgIpc) is 2.84. The topological polar surface area (TPSA) is 74.5 Å². The number of nitrogens with zero attached hydrogens (tertiary/aromatic N) is 3. The first kappa shape index (κ1) is 22.9. The van der Waals surface area contributed by atoms with Crippen LogP contribution >= 0.6 is 0 Å². The second-order valence-corrected chi connectivity index (χ2v) is 10.8. The van der Waals surface area contributed by atoms with E-state index in [1.807, 2.05) is 6.92 Å². The molecular weight excluding hydrogens is 455 g/mol. The van der Waals surface area contributed by atoms with E-state index in [9.17, 15) is 12.8 Å². The molecule has 1 N–H and O–H groups in total. The molecule has 2 aliphatic heterocycles. The van der Waals surface area contributed by atoms with Crippen LogP contribution in [-0.4, -0.2) is 61.3 Å². The second-order valence-electron chi connectivity index (χ2n) is 8.87. The summed E-state index contributed by atoms with van der Waals surface area (Å²) in [6.07, 6.45) is 6.96. The van der Waals surface area contributed by atoms with Crippen molar-refractivity contribution in [3.8, 4) is 0 Å². The van der Waals surface area contributed by atoms with Gasteiger partial charge >= 0.3 is 0 Å². The first-order valence-corrected chi connectivity index (χ1v) is 12.9. The summed E-state index contributed by atoms with van der Waals surface area (Å²) in [4.78, 5) is 4.38. The molecule has 1 unspecified atom stereocenters. The van der Waals surface area contributed by atoms with Crippen molar-refractivity contribution in [1.82, 2.24) is 9.29 Å². The van der Waals surface area contributed by atoms with Crippen molar-refractivity contribution in [3.05, 3.63) is 71.8 Å². The Morgan fingerprint density at radius 3 is 2.71 bits per heavy atom. The van der Waals surface area contributed by atoms with Gasteiger partial charge in [-0.25, -0.2) is 17.8 Å². The minimum Gasteiger partial charge on any atom is -0.381 e. The molecule has 3 aliphatic rings. The first-order valence-electron chi connectivity index (χ1n) is 11.4. The highest BCUT2D eigenvalue weighted by molar-refractivity contribution is 7.89.